The Bertz CT molecular complexity index is 4970. The van der Waals surface area contributed by atoms with Gasteiger partial charge >= 0.3 is 0 Å². The molecule has 76 heavy (non-hydrogen) atoms. The monoisotopic (exact) mass is 973 g/mol. The van der Waals surface area contributed by atoms with Crippen molar-refractivity contribution in [3.8, 4) is 50.7 Å². The van der Waals surface area contributed by atoms with Gasteiger partial charge in [-0.3, -0.25) is 9.13 Å². The Labute approximate surface area is 439 Å². The summed E-state index contributed by atoms with van der Waals surface area (Å²) in [5, 5.41) is 20.3. The number of nitrogens with zero attached hydrogens (tertiary/aromatic N) is 5. The number of hydrogen-bond donors (Lipinski definition) is 0. The number of benzene rings is 10. The van der Waals surface area contributed by atoms with E-state index in [-0.39, 0.29) is 16.2 Å². The minimum atomic E-state index is -0.189. The van der Waals surface area contributed by atoms with Gasteiger partial charge in [0, 0.05) is 65.0 Å². The quantitative estimate of drug-likeness (QED) is 0.177. The first-order valence-electron chi connectivity index (χ1n) is 26.8. The molecule has 0 atom stereocenters. The highest BCUT2D eigenvalue weighted by atomic mass is 15.3. The van der Waals surface area contributed by atoms with Crippen LogP contribution in [0.3, 0.4) is 0 Å². The van der Waals surface area contributed by atoms with E-state index >= 15 is 0 Å². The standard InChI is InChI=1S/C71H51N5/c1-69(2)55-25-13-7-19-41(55)48-34-51-44-22-10-16-28-61(44)74(64(51)37-58(48)69)40-31-32-47-54(33-40)68(76-63-30-18-12-24-46(63)53-36-50-43-21-9-15-27-57(43)71(5,6)60(50)39-66(53)76)73-72-67(47)75-62-29-17-11-23-45(62)52-35-49-42-20-8-14-26-56(42)70(3,4)59(49)38-65(52)75/h7-39H,1-6H3. The molecular formula is C71H51N5. The smallest absolute Gasteiger partial charge is 0.168 e. The highest BCUT2D eigenvalue weighted by molar-refractivity contribution is 6.16. The van der Waals surface area contributed by atoms with Gasteiger partial charge in [0.1, 0.15) is 0 Å². The Kier molecular flexibility index (Phi) is 7.91. The predicted molar refractivity (Wildman–Crippen MR) is 315 cm³/mol. The molecule has 5 nitrogen and oxygen atoms in total. The summed E-state index contributed by atoms with van der Waals surface area (Å²) in [6.45, 7) is 14.2. The largest absolute Gasteiger partial charge is 0.309 e. The van der Waals surface area contributed by atoms with Gasteiger partial charge in [0.15, 0.2) is 11.6 Å². The van der Waals surface area contributed by atoms with E-state index in [9.17, 15) is 0 Å². The number of aromatic nitrogens is 5. The third kappa shape index (κ3) is 5.16. The summed E-state index contributed by atoms with van der Waals surface area (Å²) in [5.74, 6) is 1.61. The van der Waals surface area contributed by atoms with Crippen molar-refractivity contribution in [3.63, 3.8) is 0 Å². The van der Waals surface area contributed by atoms with Gasteiger partial charge in [-0.25, -0.2) is 0 Å². The van der Waals surface area contributed by atoms with Gasteiger partial charge in [-0.1, -0.05) is 169 Å². The normalized spacial score (nSPS) is 15.3. The zero-order chi connectivity index (χ0) is 50.7. The van der Waals surface area contributed by atoms with Gasteiger partial charge in [-0.05, 0) is 140 Å². The number of hydrogen-bond acceptors (Lipinski definition) is 2. The number of para-hydroxylation sites is 3. The van der Waals surface area contributed by atoms with Crippen LogP contribution in [-0.4, -0.2) is 23.9 Å². The molecule has 0 unspecified atom stereocenters. The highest BCUT2D eigenvalue weighted by Gasteiger charge is 2.39. The minimum absolute atomic E-state index is 0.157. The Morgan fingerprint density at radius 2 is 0.592 bits per heavy atom. The summed E-state index contributed by atoms with van der Waals surface area (Å²) in [6, 6.07) is 75.2. The molecule has 3 aliphatic carbocycles. The molecule has 3 aliphatic rings. The Morgan fingerprint density at radius 1 is 0.250 bits per heavy atom. The van der Waals surface area contributed by atoms with Gasteiger partial charge in [-0.2, -0.15) is 0 Å². The Hall–Kier alpha value is -9.06. The molecule has 0 spiro atoms. The summed E-state index contributed by atoms with van der Waals surface area (Å²) >= 11 is 0. The van der Waals surface area contributed by atoms with Crippen molar-refractivity contribution in [2.75, 3.05) is 0 Å². The van der Waals surface area contributed by atoms with Crippen molar-refractivity contribution in [1.29, 1.82) is 0 Å². The molecule has 0 bridgehead atoms. The van der Waals surface area contributed by atoms with Crippen LogP contribution in [0, 0.1) is 0 Å². The molecule has 0 radical (unpaired) electrons. The predicted octanol–water partition coefficient (Wildman–Crippen LogP) is 17.8. The summed E-state index contributed by atoms with van der Waals surface area (Å²) in [6.07, 6.45) is 0. The second-order valence-electron chi connectivity index (χ2n) is 23.4. The molecule has 17 rings (SSSR count). The van der Waals surface area contributed by atoms with E-state index in [1.165, 1.54) is 110 Å². The van der Waals surface area contributed by atoms with Crippen LogP contribution in [0.1, 0.15) is 74.9 Å². The number of rotatable bonds is 3. The van der Waals surface area contributed by atoms with Gasteiger partial charge in [0.05, 0.1) is 33.1 Å². The first-order valence-corrected chi connectivity index (χ1v) is 26.8. The van der Waals surface area contributed by atoms with Crippen LogP contribution in [0.25, 0.3) is 127 Å². The fraction of sp³-hybridized carbons (Fsp3) is 0.127. The average molecular weight is 974 g/mol. The lowest BCUT2D eigenvalue weighted by Gasteiger charge is -2.22. The van der Waals surface area contributed by atoms with E-state index in [0.29, 0.717) is 0 Å². The van der Waals surface area contributed by atoms with Crippen LogP contribution >= 0.6 is 0 Å². The first-order chi connectivity index (χ1) is 37.0. The SMILES string of the molecule is CC1(C)c2ccccc2-c2cc3c4ccccc4n(-c4ccc5c(-n6c7ccccc7c7cc8c(cc76)C(C)(C)c6ccccc6-8)nnc(-n6c7ccccc7c7cc8c(cc76)C(C)(C)c6ccccc6-8)c5c4)c3cc21. The van der Waals surface area contributed by atoms with E-state index in [0.717, 1.165) is 50.2 Å². The van der Waals surface area contributed by atoms with Crippen LogP contribution in [0.4, 0.5) is 0 Å². The summed E-state index contributed by atoms with van der Waals surface area (Å²) in [7, 11) is 0. The molecule has 10 aromatic carbocycles. The lowest BCUT2D eigenvalue weighted by molar-refractivity contribution is 0.660. The molecule has 0 saturated carbocycles. The summed E-state index contributed by atoms with van der Waals surface area (Å²) in [5.41, 5.74) is 23.4. The first kappa shape index (κ1) is 42.3. The molecule has 0 saturated heterocycles. The van der Waals surface area contributed by atoms with E-state index in [1.807, 2.05) is 0 Å². The fourth-order valence-electron chi connectivity index (χ4n) is 14.8. The van der Waals surface area contributed by atoms with Gasteiger partial charge in [-0.15, -0.1) is 10.2 Å². The third-order valence-corrected chi connectivity index (χ3v) is 18.5. The Morgan fingerprint density at radius 3 is 1.01 bits per heavy atom. The van der Waals surface area contributed by atoms with Crippen molar-refractivity contribution in [3.05, 3.63) is 234 Å². The highest BCUT2D eigenvalue weighted by Crippen LogP contribution is 2.55. The maximum Gasteiger partial charge on any atom is 0.168 e. The average Bonchev–Trinajstić information content (AvgIpc) is 4.29. The minimum Gasteiger partial charge on any atom is -0.309 e. The zero-order valence-corrected chi connectivity index (χ0v) is 43.3. The molecule has 360 valence electrons. The third-order valence-electron chi connectivity index (χ3n) is 18.5. The number of fused-ring (bicyclic) bond motifs is 19. The van der Waals surface area contributed by atoms with E-state index in [2.05, 4.69) is 255 Å². The second-order valence-corrected chi connectivity index (χ2v) is 23.4. The van der Waals surface area contributed by atoms with Crippen LogP contribution in [0.15, 0.2) is 200 Å². The van der Waals surface area contributed by atoms with Crippen molar-refractivity contribution in [1.82, 2.24) is 23.9 Å². The molecule has 0 amide bonds. The van der Waals surface area contributed by atoms with E-state index in [1.54, 1.807) is 0 Å². The fourth-order valence-corrected chi connectivity index (χ4v) is 14.8. The summed E-state index contributed by atoms with van der Waals surface area (Å²) < 4.78 is 7.30. The van der Waals surface area contributed by atoms with Gasteiger partial charge in [0.2, 0.25) is 0 Å². The molecular weight excluding hydrogens is 923 g/mol. The van der Waals surface area contributed by atoms with E-state index < -0.39 is 0 Å². The molecule has 14 aromatic rings. The lowest BCUT2D eigenvalue weighted by Crippen LogP contribution is -2.15. The molecule has 4 aromatic heterocycles. The molecule has 5 heteroatoms. The van der Waals surface area contributed by atoms with Crippen LogP contribution in [-0.2, 0) is 16.2 Å². The maximum atomic E-state index is 5.54. The molecule has 0 fully saturated rings. The molecule has 0 aliphatic heterocycles. The van der Waals surface area contributed by atoms with Crippen LogP contribution < -0.4 is 0 Å². The molecule has 0 N–H and O–H groups in total. The van der Waals surface area contributed by atoms with Crippen molar-refractivity contribution < 1.29 is 0 Å². The lowest BCUT2D eigenvalue weighted by atomic mass is 9.82. The van der Waals surface area contributed by atoms with Crippen LogP contribution in [0.2, 0.25) is 0 Å². The van der Waals surface area contributed by atoms with Crippen LogP contribution in [0.5, 0.6) is 0 Å². The van der Waals surface area contributed by atoms with E-state index in [4.69, 9.17) is 10.2 Å². The van der Waals surface area contributed by atoms with Crippen molar-refractivity contribution >= 4 is 76.2 Å². The summed E-state index contributed by atoms with van der Waals surface area (Å²) in [4.78, 5) is 0. The van der Waals surface area contributed by atoms with Gasteiger partial charge in [0.25, 0.3) is 0 Å². The Balaban J connectivity index is 0.986. The maximum absolute atomic E-state index is 5.54. The molecule has 4 heterocycles. The topological polar surface area (TPSA) is 40.6 Å². The van der Waals surface area contributed by atoms with Gasteiger partial charge < -0.3 is 4.57 Å². The zero-order valence-electron chi connectivity index (χ0n) is 43.3. The van der Waals surface area contributed by atoms with Crippen molar-refractivity contribution in [2.24, 2.45) is 0 Å². The second kappa shape index (κ2) is 14.2. The van der Waals surface area contributed by atoms with Crippen molar-refractivity contribution in [2.45, 2.75) is 57.8 Å².